The Balaban J connectivity index is 2.50. The van der Waals surface area contributed by atoms with Gasteiger partial charge in [0.1, 0.15) is 0 Å². The molecule has 0 atom stereocenters. The molecule has 0 radical (unpaired) electrons. The second-order valence-corrected chi connectivity index (χ2v) is 4.96. The van der Waals surface area contributed by atoms with Crippen molar-refractivity contribution in [2.75, 3.05) is 6.61 Å². The van der Waals surface area contributed by atoms with Crippen LogP contribution in [0.2, 0.25) is 0 Å². The third kappa shape index (κ3) is 4.13. The van der Waals surface area contributed by atoms with Gasteiger partial charge in [0, 0.05) is 17.2 Å². The van der Waals surface area contributed by atoms with Gasteiger partial charge in [0.15, 0.2) is 5.78 Å². The van der Waals surface area contributed by atoms with E-state index in [0.29, 0.717) is 11.6 Å². The molecule has 2 aromatic rings. The molecule has 2 aromatic carbocycles. The SMILES string of the molecule is CCOC(=O)C(F)(F)/C=C(/C(=O)c1ccccc1)c1ccccc1. The number of rotatable bonds is 6. The molecule has 124 valence electrons. The lowest BCUT2D eigenvalue weighted by Gasteiger charge is -2.14. The predicted octanol–water partition coefficient (Wildman–Crippen LogP) is 4.15. The van der Waals surface area contributed by atoms with E-state index in [1.807, 2.05) is 0 Å². The molecule has 0 spiro atoms. The Morgan fingerprint density at radius 3 is 1.96 bits per heavy atom. The van der Waals surface area contributed by atoms with Gasteiger partial charge in [0.05, 0.1) is 6.61 Å². The van der Waals surface area contributed by atoms with E-state index in [0.717, 1.165) is 0 Å². The van der Waals surface area contributed by atoms with Gasteiger partial charge < -0.3 is 4.74 Å². The molecule has 0 aromatic heterocycles. The van der Waals surface area contributed by atoms with Gasteiger partial charge in [0.25, 0.3) is 0 Å². The highest BCUT2D eigenvalue weighted by Gasteiger charge is 2.39. The largest absolute Gasteiger partial charge is 0.461 e. The zero-order valence-electron chi connectivity index (χ0n) is 13.0. The Morgan fingerprint density at radius 1 is 0.958 bits per heavy atom. The Labute approximate surface area is 138 Å². The fraction of sp³-hybridized carbons (Fsp3) is 0.158. The average Bonchev–Trinajstić information content (AvgIpc) is 2.61. The van der Waals surface area contributed by atoms with Gasteiger partial charge >= 0.3 is 11.9 Å². The van der Waals surface area contributed by atoms with Crippen molar-refractivity contribution in [3.05, 3.63) is 77.9 Å². The summed E-state index contributed by atoms with van der Waals surface area (Å²) in [6, 6.07) is 16.1. The molecule has 0 aliphatic carbocycles. The number of esters is 1. The van der Waals surface area contributed by atoms with Gasteiger partial charge in [-0.15, -0.1) is 0 Å². The maximum atomic E-state index is 14.1. The second-order valence-electron chi connectivity index (χ2n) is 4.96. The number of ketones is 1. The number of hydrogen-bond donors (Lipinski definition) is 0. The number of ether oxygens (including phenoxy) is 1. The smallest absolute Gasteiger partial charge is 0.381 e. The number of carbonyl (C=O) groups excluding carboxylic acids is 2. The first-order chi connectivity index (χ1) is 11.5. The Bertz CT molecular complexity index is 738. The number of carbonyl (C=O) groups is 2. The van der Waals surface area contributed by atoms with Crippen LogP contribution in [0.3, 0.4) is 0 Å². The van der Waals surface area contributed by atoms with Gasteiger partial charge in [-0.1, -0.05) is 60.7 Å². The number of halogens is 2. The first-order valence-electron chi connectivity index (χ1n) is 7.38. The molecule has 0 aliphatic rings. The summed E-state index contributed by atoms with van der Waals surface area (Å²) in [5.41, 5.74) is 0.308. The quantitative estimate of drug-likeness (QED) is 0.454. The lowest BCUT2D eigenvalue weighted by molar-refractivity contribution is -0.164. The molecule has 0 unspecified atom stereocenters. The third-order valence-electron chi connectivity index (χ3n) is 3.24. The highest BCUT2D eigenvalue weighted by atomic mass is 19.3. The van der Waals surface area contributed by atoms with Crippen LogP contribution in [0.1, 0.15) is 22.8 Å². The van der Waals surface area contributed by atoms with Crippen molar-refractivity contribution < 1.29 is 23.1 Å². The van der Waals surface area contributed by atoms with E-state index in [-0.39, 0.29) is 17.7 Å². The minimum atomic E-state index is -3.90. The molecule has 0 aliphatic heterocycles. The Morgan fingerprint density at radius 2 is 1.46 bits per heavy atom. The summed E-state index contributed by atoms with van der Waals surface area (Å²) in [5, 5.41) is 0. The van der Waals surface area contributed by atoms with Crippen molar-refractivity contribution in [2.24, 2.45) is 0 Å². The van der Waals surface area contributed by atoms with E-state index < -0.39 is 17.7 Å². The second kappa shape index (κ2) is 7.64. The Kier molecular flexibility index (Phi) is 5.58. The van der Waals surface area contributed by atoms with Gasteiger partial charge in [-0.05, 0) is 12.5 Å². The fourth-order valence-electron chi connectivity index (χ4n) is 2.11. The molecule has 0 bridgehead atoms. The van der Waals surface area contributed by atoms with Gasteiger partial charge in [0.2, 0.25) is 0 Å². The van der Waals surface area contributed by atoms with E-state index in [1.54, 1.807) is 36.4 Å². The van der Waals surface area contributed by atoms with E-state index >= 15 is 0 Å². The van der Waals surface area contributed by atoms with E-state index in [4.69, 9.17) is 0 Å². The summed E-state index contributed by atoms with van der Waals surface area (Å²) in [6.45, 7) is 1.26. The fourth-order valence-corrected chi connectivity index (χ4v) is 2.11. The summed E-state index contributed by atoms with van der Waals surface area (Å²) in [4.78, 5) is 24.1. The molecule has 3 nitrogen and oxygen atoms in total. The maximum absolute atomic E-state index is 14.1. The van der Waals surface area contributed by atoms with Crippen LogP contribution in [0.4, 0.5) is 8.78 Å². The van der Waals surface area contributed by atoms with Crippen LogP contribution in [-0.4, -0.2) is 24.3 Å². The molecular weight excluding hydrogens is 314 g/mol. The van der Waals surface area contributed by atoms with Crippen LogP contribution in [0.5, 0.6) is 0 Å². The lowest BCUT2D eigenvalue weighted by Crippen LogP contribution is -2.29. The molecule has 0 saturated heterocycles. The van der Waals surface area contributed by atoms with Gasteiger partial charge in [-0.25, -0.2) is 4.79 Å². The van der Waals surface area contributed by atoms with Crippen LogP contribution < -0.4 is 0 Å². The zero-order chi connectivity index (χ0) is 17.6. The summed E-state index contributed by atoms with van der Waals surface area (Å²) >= 11 is 0. The van der Waals surface area contributed by atoms with Crippen molar-refractivity contribution in [1.82, 2.24) is 0 Å². The molecule has 24 heavy (non-hydrogen) atoms. The normalized spacial score (nSPS) is 11.9. The summed E-state index contributed by atoms with van der Waals surface area (Å²) in [6.07, 6.45) is 0.371. The van der Waals surface area contributed by atoms with Crippen LogP contribution >= 0.6 is 0 Å². The van der Waals surface area contributed by atoms with Crippen LogP contribution in [0.15, 0.2) is 66.7 Å². The van der Waals surface area contributed by atoms with Crippen molar-refractivity contribution in [3.8, 4) is 0 Å². The molecule has 0 amide bonds. The van der Waals surface area contributed by atoms with E-state index in [1.165, 1.54) is 31.2 Å². The highest BCUT2D eigenvalue weighted by molar-refractivity contribution is 6.29. The van der Waals surface area contributed by atoms with Gasteiger partial charge in [-0.3, -0.25) is 4.79 Å². The van der Waals surface area contributed by atoms with Crippen molar-refractivity contribution in [3.63, 3.8) is 0 Å². The monoisotopic (exact) mass is 330 g/mol. The Hall–Kier alpha value is -2.82. The molecule has 0 N–H and O–H groups in total. The first-order valence-corrected chi connectivity index (χ1v) is 7.38. The summed E-state index contributed by atoms with van der Waals surface area (Å²) < 4.78 is 32.6. The van der Waals surface area contributed by atoms with Crippen LogP contribution in [-0.2, 0) is 9.53 Å². The molecule has 2 rings (SSSR count). The standard InChI is InChI=1S/C19H16F2O3/c1-2-24-18(23)19(20,21)13-16(14-9-5-3-6-10-14)17(22)15-11-7-4-8-12-15/h3-13H,2H2,1H3/b16-13+. The number of hydrogen-bond acceptors (Lipinski definition) is 3. The molecule has 0 fully saturated rings. The molecule has 0 heterocycles. The van der Waals surface area contributed by atoms with Crippen LogP contribution in [0, 0.1) is 0 Å². The summed E-state index contributed by atoms with van der Waals surface area (Å²) in [7, 11) is 0. The number of allylic oxidation sites excluding steroid dienone is 1. The van der Waals surface area contributed by atoms with Crippen molar-refractivity contribution >= 4 is 17.3 Å². The first kappa shape index (κ1) is 17.5. The zero-order valence-corrected chi connectivity index (χ0v) is 13.0. The van der Waals surface area contributed by atoms with Crippen LogP contribution in [0.25, 0.3) is 5.57 Å². The number of benzene rings is 2. The lowest BCUT2D eigenvalue weighted by atomic mass is 9.95. The number of Topliss-reactive ketones (excluding diaryl/α,β-unsaturated/α-hetero) is 1. The predicted molar refractivity (Wildman–Crippen MR) is 86.8 cm³/mol. The molecular formula is C19H16F2O3. The maximum Gasteiger partial charge on any atom is 0.381 e. The van der Waals surface area contributed by atoms with Gasteiger partial charge in [-0.2, -0.15) is 8.78 Å². The summed E-state index contributed by atoms with van der Waals surface area (Å²) in [5.74, 6) is -6.17. The highest BCUT2D eigenvalue weighted by Crippen LogP contribution is 2.27. The minimum absolute atomic E-state index is 0.171. The topological polar surface area (TPSA) is 43.4 Å². The van der Waals surface area contributed by atoms with E-state index in [9.17, 15) is 18.4 Å². The molecule has 0 saturated carbocycles. The average molecular weight is 330 g/mol. The van der Waals surface area contributed by atoms with Crippen molar-refractivity contribution in [2.45, 2.75) is 12.8 Å². The van der Waals surface area contributed by atoms with E-state index in [2.05, 4.69) is 4.74 Å². The third-order valence-corrected chi connectivity index (χ3v) is 3.24. The minimum Gasteiger partial charge on any atom is -0.461 e. The number of alkyl halides is 2. The van der Waals surface area contributed by atoms with Crippen molar-refractivity contribution in [1.29, 1.82) is 0 Å². The molecule has 5 heteroatoms.